The predicted octanol–water partition coefficient (Wildman–Crippen LogP) is 2.92. The minimum absolute atomic E-state index is 0.148. The van der Waals surface area contributed by atoms with Crippen molar-refractivity contribution in [2.45, 2.75) is 63.2 Å². The number of nitrogens with zero attached hydrogens (tertiary/aromatic N) is 1. The summed E-state index contributed by atoms with van der Waals surface area (Å²) in [5.41, 5.74) is 6.17. The van der Waals surface area contributed by atoms with E-state index in [1.165, 1.54) is 6.42 Å². The minimum Gasteiger partial charge on any atom is -0.326 e. The summed E-state index contributed by atoms with van der Waals surface area (Å²) >= 11 is 0. The summed E-state index contributed by atoms with van der Waals surface area (Å²) in [4.78, 5) is 2.21. The van der Waals surface area contributed by atoms with E-state index in [1.54, 1.807) is 0 Å². The van der Waals surface area contributed by atoms with Crippen molar-refractivity contribution in [1.29, 1.82) is 0 Å². The van der Waals surface area contributed by atoms with Gasteiger partial charge in [-0.2, -0.15) is 13.2 Å². The molecule has 1 saturated heterocycles. The second-order valence-corrected chi connectivity index (χ2v) is 5.72. The molecule has 0 amide bonds. The van der Waals surface area contributed by atoms with Gasteiger partial charge in [-0.15, -0.1) is 0 Å². The molecular weight excluding hydrogens is 241 g/mol. The van der Waals surface area contributed by atoms with Crippen molar-refractivity contribution >= 4 is 0 Å². The van der Waals surface area contributed by atoms with Crippen LogP contribution >= 0.6 is 0 Å². The SMILES string of the molecule is NC1CCCCCC1N1CCC(C(F)(F)F)CC1. The Morgan fingerprint density at radius 3 is 2.11 bits per heavy atom. The topological polar surface area (TPSA) is 29.3 Å². The lowest BCUT2D eigenvalue weighted by Gasteiger charge is -2.40. The van der Waals surface area contributed by atoms with Gasteiger partial charge < -0.3 is 5.73 Å². The lowest BCUT2D eigenvalue weighted by molar-refractivity contribution is -0.186. The van der Waals surface area contributed by atoms with Crippen LogP contribution in [0.3, 0.4) is 0 Å². The van der Waals surface area contributed by atoms with Gasteiger partial charge in [0.2, 0.25) is 0 Å². The fourth-order valence-corrected chi connectivity index (χ4v) is 3.33. The third-order valence-corrected chi connectivity index (χ3v) is 4.49. The van der Waals surface area contributed by atoms with Crippen molar-refractivity contribution in [2.75, 3.05) is 13.1 Å². The Balaban J connectivity index is 1.88. The van der Waals surface area contributed by atoms with Crippen LogP contribution < -0.4 is 5.73 Å². The number of piperidine rings is 1. The van der Waals surface area contributed by atoms with Crippen molar-refractivity contribution in [1.82, 2.24) is 4.90 Å². The first kappa shape index (κ1) is 14.1. The zero-order valence-corrected chi connectivity index (χ0v) is 10.8. The molecule has 0 radical (unpaired) electrons. The van der Waals surface area contributed by atoms with E-state index in [-0.39, 0.29) is 18.9 Å². The second kappa shape index (κ2) is 5.78. The molecule has 1 saturated carbocycles. The maximum atomic E-state index is 12.6. The van der Waals surface area contributed by atoms with Crippen molar-refractivity contribution < 1.29 is 13.2 Å². The number of halogens is 3. The molecule has 0 bridgehead atoms. The molecule has 0 aromatic rings. The molecule has 2 rings (SSSR count). The molecule has 106 valence electrons. The van der Waals surface area contributed by atoms with Crippen LogP contribution in [0, 0.1) is 5.92 Å². The number of alkyl halides is 3. The Morgan fingerprint density at radius 2 is 1.50 bits per heavy atom. The molecule has 1 heterocycles. The number of hydrogen-bond donors (Lipinski definition) is 1. The predicted molar refractivity (Wildman–Crippen MR) is 65.2 cm³/mol. The molecular formula is C13H23F3N2. The quantitative estimate of drug-likeness (QED) is 0.738. The van der Waals surface area contributed by atoms with Gasteiger partial charge in [-0.1, -0.05) is 19.3 Å². The zero-order chi connectivity index (χ0) is 13.2. The van der Waals surface area contributed by atoms with Gasteiger partial charge in [-0.05, 0) is 38.8 Å². The van der Waals surface area contributed by atoms with Crippen LogP contribution in [0.5, 0.6) is 0 Å². The van der Waals surface area contributed by atoms with Gasteiger partial charge >= 0.3 is 6.18 Å². The van der Waals surface area contributed by atoms with E-state index in [9.17, 15) is 13.2 Å². The van der Waals surface area contributed by atoms with E-state index in [2.05, 4.69) is 4.90 Å². The fraction of sp³-hybridized carbons (Fsp3) is 1.00. The van der Waals surface area contributed by atoms with Crippen LogP contribution in [0.4, 0.5) is 13.2 Å². The number of likely N-dealkylation sites (tertiary alicyclic amines) is 1. The van der Waals surface area contributed by atoms with Crippen LogP contribution in [-0.2, 0) is 0 Å². The van der Waals surface area contributed by atoms with E-state index in [1.807, 2.05) is 0 Å². The molecule has 1 aliphatic heterocycles. The number of nitrogens with two attached hydrogens (primary N) is 1. The molecule has 0 aromatic heterocycles. The zero-order valence-electron chi connectivity index (χ0n) is 10.8. The van der Waals surface area contributed by atoms with Gasteiger partial charge in [-0.25, -0.2) is 0 Å². The average molecular weight is 264 g/mol. The first-order chi connectivity index (χ1) is 8.48. The van der Waals surface area contributed by atoms with Crippen LogP contribution in [0.1, 0.15) is 44.9 Å². The average Bonchev–Trinajstić information content (AvgIpc) is 2.53. The molecule has 2 unspecified atom stereocenters. The molecule has 2 atom stereocenters. The van der Waals surface area contributed by atoms with Gasteiger partial charge in [0.25, 0.3) is 0 Å². The molecule has 2 nitrogen and oxygen atoms in total. The molecule has 5 heteroatoms. The Labute approximate surface area is 107 Å². The highest BCUT2D eigenvalue weighted by atomic mass is 19.4. The summed E-state index contributed by atoms with van der Waals surface area (Å²) in [6.07, 6.45) is 2.08. The maximum Gasteiger partial charge on any atom is 0.391 e. The van der Waals surface area contributed by atoms with Crippen LogP contribution in [0.15, 0.2) is 0 Å². The standard InChI is InChI=1S/C13H23F3N2/c14-13(15,16)10-6-8-18(9-7-10)12-5-3-1-2-4-11(12)17/h10-12H,1-9,17H2. The smallest absolute Gasteiger partial charge is 0.326 e. The second-order valence-electron chi connectivity index (χ2n) is 5.72. The minimum atomic E-state index is -4.02. The first-order valence-electron chi connectivity index (χ1n) is 7.05. The molecule has 0 spiro atoms. The highest BCUT2D eigenvalue weighted by Crippen LogP contribution is 2.35. The van der Waals surface area contributed by atoms with Crippen LogP contribution in [-0.4, -0.2) is 36.2 Å². The van der Waals surface area contributed by atoms with Gasteiger partial charge in [-0.3, -0.25) is 4.90 Å². The largest absolute Gasteiger partial charge is 0.391 e. The highest BCUT2D eigenvalue weighted by molar-refractivity contribution is 4.88. The molecule has 2 N–H and O–H groups in total. The fourth-order valence-electron chi connectivity index (χ4n) is 3.33. The third-order valence-electron chi connectivity index (χ3n) is 4.49. The van der Waals surface area contributed by atoms with E-state index >= 15 is 0 Å². The van der Waals surface area contributed by atoms with E-state index in [4.69, 9.17) is 5.73 Å². The molecule has 0 aromatic carbocycles. The van der Waals surface area contributed by atoms with Gasteiger partial charge in [0.05, 0.1) is 5.92 Å². The monoisotopic (exact) mass is 264 g/mol. The molecule has 18 heavy (non-hydrogen) atoms. The van der Waals surface area contributed by atoms with Crippen LogP contribution in [0.25, 0.3) is 0 Å². The first-order valence-corrected chi connectivity index (χ1v) is 7.05. The Morgan fingerprint density at radius 1 is 0.889 bits per heavy atom. The summed E-state index contributed by atoms with van der Waals surface area (Å²) in [5, 5.41) is 0. The normalized spacial score (nSPS) is 33.3. The Kier molecular flexibility index (Phi) is 4.54. The number of rotatable bonds is 1. The molecule has 2 fully saturated rings. The van der Waals surface area contributed by atoms with E-state index in [0.717, 1.165) is 25.7 Å². The van der Waals surface area contributed by atoms with Crippen molar-refractivity contribution in [3.63, 3.8) is 0 Å². The maximum absolute atomic E-state index is 12.6. The summed E-state index contributed by atoms with van der Waals surface area (Å²) in [6, 6.07) is 0.455. The third kappa shape index (κ3) is 3.38. The van der Waals surface area contributed by atoms with E-state index < -0.39 is 12.1 Å². The summed E-state index contributed by atoms with van der Waals surface area (Å²) in [5.74, 6) is -1.10. The molecule has 1 aliphatic carbocycles. The van der Waals surface area contributed by atoms with Crippen molar-refractivity contribution in [3.8, 4) is 0 Å². The summed E-state index contributed by atoms with van der Waals surface area (Å²) in [6.45, 7) is 1.12. The van der Waals surface area contributed by atoms with Gasteiger partial charge in [0.1, 0.15) is 0 Å². The van der Waals surface area contributed by atoms with Crippen molar-refractivity contribution in [2.24, 2.45) is 11.7 Å². The highest BCUT2D eigenvalue weighted by Gasteiger charge is 2.42. The van der Waals surface area contributed by atoms with E-state index in [0.29, 0.717) is 19.1 Å². The Bertz CT molecular complexity index is 259. The lowest BCUT2D eigenvalue weighted by Crippen LogP contribution is -2.51. The van der Waals surface area contributed by atoms with Crippen LogP contribution in [0.2, 0.25) is 0 Å². The van der Waals surface area contributed by atoms with Crippen molar-refractivity contribution in [3.05, 3.63) is 0 Å². The summed E-state index contributed by atoms with van der Waals surface area (Å²) in [7, 11) is 0. The molecule has 2 aliphatic rings. The lowest BCUT2D eigenvalue weighted by atomic mass is 9.92. The Hall–Kier alpha value is -0.290. The van der Waals surface area contributed by atoms with Gasteiger partial charge in [0.15, 0.2) is 0 Å². The number of hydrogen-bond acceptors (Lipinski definition) is 2. The van der Waals surface area contributed by atoms with Gasteiger partial charge in [0, 0.05) is 12.1 Å². The summed E-state index contributed by atoms with van der Waals surface area (Å²) < 4.78 is 37.8.